The summed E-state index contributed by atoms with van der Waals surface area (Å²) in [5, 5.41) is 2.08. The van der Waals surface area contributed by atoms with Gasteiger partial charge in [-0.15, -0.1) is 11.3 Å². The summed E-state index contributed by atoms with van der Waals surface area (Å²) < 4.78 is 0. The third-order valence-corrected chi connectivity index (χ3v) is 6.86. The number of nitrogens with zero attached hydrogens (tertiary/aromatic N) is 5. The highest BCUT2D eigenvalue weighted by Crippen LogP contribution is 2.26. The first-order valence-electron chi connectivity index (χ1n) is 10.6. The Kier molecular flexibility index (Phi) is 5.61. The highest BCUT2D eigenvalue weighted by molar-refractivity contribution is 7.09. The highest BCUT2D eigenvalue weighted by atomic mass is 32.1. The number of rotatable bonds is 4. The van der Waals surface area contributed by atoms with Crippen LogP contribution in [0.4, 0.5) is 0 Å². The molecule has 0 saturated carbocycles. The Morgan fingerprint density at radius 2 is 2.23 bits per heavy atom. The van der Waals surface area contributed by atoms with Crippen LogP contribution in [0.1, 0.15) is 51.2 Å². The van der Waals surface area contributed by atoms with Crippen molar-refractivity contribution < 1.29 is 4.79 Å². The van der Waals surface area contributed by atoms with Crippen LogP contribution in [0.25, 0.3) is 0 Å². The number of amides is 1. The smallest absolute Gasteiger partial charge is 0.274 e. The number of hydrogen-bond donors (Lipinski definition) is 1. The van der Waals surface area contributed by atoms with E-state index in [9.17, 15) is 9.59 Å². The standard InChI is InChI=1S/C22H24N6O2S/c29-21-17-14-27(13-16-4-2-10-31-16)9-5-18(17)25-20(26-21)15-3-1-8-28(12-15)22(30)19-11-23-6-7-24-19/h2,4,6-7,10-11,15H,1,3,5,8-9,12-14H2,(H,25,26,29). The second-order valence-corrected chi connectivity index (χ2v) is 9.13. The second kappa shape index (κ2) is 8.68. The summed E-state index contributed by atoms with van der Waals surface area (Å²) in [7, 11) is 0. The lowest BCUT2D eigenvalue weighted by Gasteiger charge is -2.33. The van der Waals surface area contributed by atoms with Gasteiger partial charge in [0.1, 0.15) is 11.5 Å². The first-order chi connectivity index (χ1) is 15.2. The van der Waals surface area contributed by atoms with Crippen molar-refractivity contribution in [1.82, 2.24) is 29.7 Å². The molecule has 5 rings (SSSR count). The molecule has 1 amide bonds. The molecule has 3 aromatic rings. The lowest BCUT2D eigenvalue weighted by Crippen LogP contribution is -2.41. The van der Waals surface area contributed by atoms with Crippen LogP contribution in [-0.4, -0.2) is 55.3 Å². The van der Waals surface area contributed by atoms with E-state index in [0.717, 1.165) is 43.6 Å². The molecule has 1 fully saturated rings. The summed E-state index contributed by atoms with van der Waals surface area (Å²) in [5.41, 5.74) is 1.97. The van der Waals surface area contributed by atoms with E-state index >= 15 is 0 Å². The third-order valence-electron chi connectivity index (χ3n) is 6.00. The summed E-state index contributed by atoms with van der Waals surface area (Å²) in [4.78, 5) is 47.1. The quantitative estimate of drug-likeness (QED) is 0.674. The summed E-state index contributed by atoms with van der Waals surface area (Å²) >= 11 is 1.74. The van der Waals surface area contributed by atoms with E-state index in [1.165, 1.54) is 17.3 Å². The largest absolute Gasteiger partial charge is 0.337 e. The Bertz CT molecular complexity index is 1110. The predicted molar refractivity (Wildman–Crippen MR) is 117 cm³/mol. The summed E-state index contributed by atoms with van der Waals surface area (Å²) in [6.07, 6.45) is 7.11. The molecule has 1 saturated heterocycles. The molecule has 1 N–H and O–H groups in total. The maximum atomic E-state index is 12.9. The SMILES string of the molecule is O=C(c1cnccn1)N1CCCC(c2nc3c(c(=O)[nH]2)CN(Cc2cccs2)CC3)C1. The van der Waals surface area contributed by atoms with Gasteiger partial charge < -0.3 is 9.88 Å². The van der Waals surface area contributed by atoms with Gasteiger partial charge in [0, 0.05) is 62.3 Å². The average Bonchev–Trinajstić information content (AvgIpc) is 3.32. The molecule has 0 aliphatic carbocycles. The fourth-order valence-electron chi connectivity index (χ4n) is 4.41. The van der Waals surface area contributed by atoms with Gasteiger partial charge in [-0.25, -0.2) is 9.97 Å². The topological polar surface area (TPSA) is 95.1 Å². The van der Waals surface area contributed by atoms with E-state index in [2.05, 4.69) is 37.4 Å². The highest BCUT2D eigenvalue weighted by Gasteiger charge is 2.29. The number of nitrogens with one attached hydrogen (secondary N) is 1. The van der Waals surface area contributed by atoms with Gasteiger partial charge in [-0.05, 0) is 24.3 Å². The zero-order chi connectivity index (χ0) is 21.2. The average molecular weight is 437 g/mol. The van der Waals surface area contributed by atoms with Crippen LogP contribution in [0, 0.1) is 0 Å². The molecule has 9 heteroatoms. The van der Waals surface area contributed by atoms with E-state index in [-0.39, 0.29) is 17.4 Å². The predicted octanol–water partition coefficient (Wildman–Crippen LogP) is 2.20. The van der Waals surface area contributed by atoms with Crippen LogP contribution < -0.4 is 5.56 Å². The van der Waals surface area contributed by atoms with Crippen molar-refractivity contribution >= 4 is 17.2 Å². The zero-order valence-corrected chi connectivity index (χ0v) is 18.0. The maximum Gasteiger partial charge on any atom is 0.274 e. The second-order valence-electron chi connectivity index (χ2n) is 8.10. The van der Waals surface area contributed by atoms with Crippen molar-refractivity contribution in [2.45, 2.75) is 38.3 Å². The lowest BCUT2D eigenvalue weighted by molar-refractivity contribution is 0.0697. The van der Waals surface area contributed by atoms with Crippen molar-refractivity contribution in [3.05, 3.63) is 74.1 Å². The molecule has 8 nitrogen and oxygen atoms in total. The van der Waals surface area contributed by atoms with Crippen molar-refractivity contribution in [2.24, 2.45) is 0 Å². The molecule has 160 valence electrons. The molecule has 3 aromatic heterocycles. The molecule has 1 atom stereocenters. The number of hydrogen-bond acceptors (Lipinski definition) is 7. The molecular formula is C22H24N6O2S. The Morgan fingerprint density at radius 3 is 3.03 bits per heavy atom. The normalized spacial score (nSPS) is 19.2. The van der Waals surface area contributed by atoms with Crippen LogP contribution >= 0.6 is 11.3 Å². The molecule has 5 heterocycles. The summed E-state index contributed by atoms with van der Waals surface area (Å²) in [6.45, 7) is 3.58. The molecule has 2 aliphatic heterocycles. The molecule has 0 spiro atoms. The molecule has 1 unspecified atom stereocenters. The Labute approximate surface area is 184 Å². The number of aromatic nitrogens is 4. The number of thiophene rings is 1. The molecular weight excluding hydrogens is 412 g/mol. The van der Waals surface area contributed by atoms with Gasteiger partial charge in [0.2, 0.25) is 0 Å². The fraction of sp³-hybridized carbons (Fsp3) is 0.409. The number of piperidine rings is 1. The molecule has 0 aromatic carbocycles. The lowest BCUT2D eigenvalue weighted by atomic mass is 9.96. The minimum absolute atomic E-state index is 0.0246. The van der Waals surface area contributed by atoms with Crippen molar-refractivity contribution in [1.29, 1.82) is 0 Å². The summed E-state index contributed by atoms with van der Waals surface area (Å²) in [6, 6.07) is 4.18. The number of H-pyrrole nitrogens is 1. The van der Waals surface area contributed by atoms with Gasteiger partial charge in [0.15, 0.2) is 0 Å². The van der Waals surface area contributed by atoms with Gasteiger partial charge in [0.25, 0.3) is 11.5 Å². The van der Waals surface area contributed by atoms with Crippen molar-refractivity contribution in [3.63, 3.8) is 0 Å². The minimum Gasteiger partial charge on any atom is -0.337 e. The maximum absolute atomic E-state index is 12.9. The van der Waals surface area contributed by atoms with Gasteiger partial charge in [0.05, 0.1) is 17.5 Å². The van der Waals surface area contributed by atoms with Gasteiger partial charge in [-0.2, -0.15) is 0 Å². The Morgan fingerprint density at radius 1 is 1.29 bits per heavy atom. The van der Waals surface area contributed by atoms with Gasteiger partial charge >= 0.3 is 0 Å². The Balaban J connectivity index is 1.32. The molecule has 0 radical (unpaired) electrons. The van der Waals surface area contributed by atoms with E-state index in [1.54, 1.807) is 22.4 Å². The number of likely N-dealkylation sites (tertiary alicyclic amines) is 1. The van der Waals surface area contributed by atoms with Crippen LogP contribution in [0.15, 0.2) is 40.9 Å². The van der Waals surface area contributed by atoms with E-state index in [4.69, 9.17) is 4.98 Å². The van der Waals surface area contributed by atoms with Crippen molar-refractivity contribution in [2.75, 3.05) is 19.6 Å². The molecule has 2 aliphatic rings. The first-order valence-corrected chi connectivity index (χ1v) is 11.5. The number of fused-ring (bicyclic) bond motifs is 1. The number of aromatic amines is 1. The van der Waals surface area contributed by atoms with Crippen LogP contribution in [0.5, 0.6) is 0 Å². The third kappa shape index (κ3) is 4.28. The van der Waals surface area contributed by atoms with E-state index in [0.29, 0.717) is 31.2 Å². The van der Waals surface area contributed by atoms with Crippen molar-refractivity contribution in [3.8, 4) is 0 Å². The van der Waals surface area contributed by atoms with Gasteiger partial charge in [-0.3, -0.25) is 19.5 Å². The number of carbonyl (C=O) groups excluding carboxylic acids is 1. The van der Waals surface area contributed by atoms with Crippen LogP contribution in [-0.2, 0) is 19.5 Å². The zero-order valence-electron chi connectivity index (χ0n) is 17.2. The molecule has 31 heavy (non-hydrogen) atoms. The Hall–Kier alpha value is -2.91. The molecule has 0 bridgehead atoms. The number of carbonyl (C=O) groups is 1. The summed E-state index contributed by atoms with van der Waals surface area (Å²) in [5.74, 6) is 0.603. The minimum atomic E-state index is -0.123. The monoisotopic (exact) mass is 436 g/mol. The van der Waals surface area contributed by atoms with Crippen LogP contribution in [0.3, 0.4) is 0 Å². The van der Waals surface area contributed by atoms with E-state index in [1.807, 2.05) is 0 Å². The fourth-order valence-corrected chi connectivity index (χ4v) is 5.15. The first kappa shape index (κ1) is 20.0. The van der Waals surface area contributed by atoms with Gasteiger partial charge in [-0.1, -0.05) is 6.07 Å². The van der Waals surface area contributed by atoms with Crippen LogP contribution in [0.2, 0.25) is 0 Å². The van der Waals surface area contributed by atoms with E-state index < -0.39 is 0 Å².